The van der Waals surface area contributed by atoms with Crippen molar-refractivity contribution in [1.82, 2.24) is 0 Å². The first-order chi connectivity index (χ1) is 18.7. The molecule has 4 aliphatic rings. The average molecular weight is 629 g/mol. The van der Waals surface area contributed by atoms with E-state index in [1.54, 1.807) is 0 Å². The number of allylic oxidation sites excluding steroid dienone is 8. The number of halogens is 2. The van der Waals surface area contributed by atoms with Gasteiger partial charge >= 0.3 is 37.9 Å². The monoisotopic (exact) mass is 626 g/mol. The predicted molar refractivity (Wildman–Crippen MR) is 166 cm³/mol. The molecule has 2 saturated carbocycles. The van der Waals surface area contributed by atoms with Gasteiger partial charge in [-0.05, 0) is 125 Å². The molecule has 6 rings (SSSR count). The molecule has 2 fully saturated rings. The van der Waals surface area contributed by atoms with E-state index in [1.165, 1.54) is 79.3 Å². The second-order valence-corrected chi connectivity index (χ2v) is 14.1. The van der Waals surface area contributed by atoms with E-state index in [-0.39, 0.29) is 0 Å². The SMILES string of the molecule is Cc1cc(C)c(C2=C[C]3[CH][C]4C=C(c5c(C)cc(C)cc5C)C=C[C]4[C]3C=C2)c(C)c1.[CH]1[CH][CH][CH][CH]1.[Cl][Zr+2][Cl]. The Balaban J connectivity index is 0.000000385. The molecule has 0 unspecified atom stereocenters. The van der Waals surface area contributed by atoms with E-state index in [2.05, 4.69) is 109 Å². The van der Waals surface area contributed by atoms with Gasteiger partial charge in [0.15, 0.2) is 0 Å². The van der Waals surface area contributed by atoms with Crippen molar-refractivity contribution in [3.8, 4) is 0 Å². The molecule has 0 spiro atoms. The van der Waals surface area contributed by atoms with Gasteiger partial charge in [0.1, 0.15) is 0 Å². The van der Waals surface area contributed by atoms with E-state index < -0.39 is 20.8 Å². The molecule has 0 bridgehead atoms. The Morgan fingerprint density at radius 3 is 1.10 bits per heavy atom. The van der Waals surface area contributed by atoms with Crippen molar-refractivity contribution in [3.63, 3.8) is 0 Å². The summed E-state index contributed by atoms with van der Waals surface area (Å²) in [6.07, 6.45) is 26.3. The van der Waals surface area contributed by atoms with Gasteiger partial charge in [-0.1, -0.05) is 71.8 Å². The summed E-state index contributed by atoms with van der Waals surface area (Å²) >= 11 is -0.826. The van der Waals surface area contributed by atoms with E-state index in [0.29, 0.717) is 0 Å². The van der Waals surface area contributed by atoms with Gasteiger partial charge in [0.25, 0.3) is 0 Å². The van der Waals surface area contributed by atoms with Crippen molar-refractivity contribution in [2.24, 2.45) is 0 Å². The zero-order valence-electron chi connectivity index (χ0n) is 23.5. The van der Waals surface area contributed by atoms with E-state index in [1.807, 2.05) is 32.1 Å². The number of hydrogen-bond acceptors (Lipinski definition) is 0. The number of fused-ring (bicyclic) bond motifs is 3. The van der Waals surface area contributed by atoms with Crippen molar-refractivity contribution in [1.29, 1.82) is 0 Å². The summed E-state index contributed by atoms with van der Waals surface area (Å²) in [5.41, 5.74) is 13.4. The summed E-state index contributed by atoms with van der Waals surface area (Å²) in [6, 6.07) is 9.14. The molecule has 0 saturated heterocycles. The third-order valence-corrected chi connectivity index (χ3v) is 7.19. The molecule has 0 heterocycles. The van der Waals surface area contributed by atoms with Crippen molar-refractivity contribution < 1.29 is 20.8 Å². The van der Waals surface area contributed by atoms with Crippen LogP contribution in [-0.4, -0.2) is 0 Å². The van der Waals surface area contributed by atoms with E-state index in [0.717, 1.165) is 0 Å². The summed E-state index contributed by atoms with van der Waals surface area (Å²) in [5.74, 6) is 5.32. The van der Waals surface area contributed by atoms with Crippen LogP contribution in [-0.2, 0) is 20.8 Å². The molecular formula is C36H34Cl2Zr+2. The minimum absolute atomic E-state index is 0.826. The summed E-state index contributed by atoms with van der Waals surface area (Å²) in [7, 11) is 9.87. The first kappa shape index (κ1) is 30.8. The fraction of sp³-hybridized carbons (Fsp3) is 0.167. The quantitative estimate of drug-likeness (QED) is 0.311. The van der Waals surface area contributed by atoms with Gasteiger partial charge in [-0.2, -0.15) is 0 Å². The maximum atomic E-state index is 4.93. The summed E-state index contributed by atoms with van der Waals surface area (Å²) in [6.45, 7) is 13.2. The van der Waals surface area contributed by atoms with Crippen LogP contribution in [0.15, 0.2) is 60.7 Å². The van der Waals surface area contributed by atoms with Crippen LogP contribution in [0.1, 0.15) is 44.5 Å². The van der Waals surface area contributed by atoms with Gasteiger partial charge in [0.05, 0.1) is 0 Å². The van der Waals surface area contributed by atoms with Gasteiger partial charge in [0.2, 0.25) is 0 Å². The topological polar surface area (TPSA) is 0 Å². The summed E-state index contributed by atoms with van der Waals surface area (Å²) in [5, 5.41) is 0. The Hall–Kier alpha value is -1.14. The Morgan fingerprint density at radius 2 is 0.795 bits per heavy atom. The van der Waals surface area contributed by atoms with Gasteiger partial charge in [-0.25, -0.2) is 0 Å². The molecule has 4 aliphatic carbocycles. The summed E-state index contributed by atoms with van der Waals surface area (Å²) in [4.78, 5) is 0. The summed E-state index contributed by atoms with van der Waals surface area (Å²) < 4.78 is 0. The van der Waals surface area contributed by atoms with Crippen LogP contribution in [0, 0.1) is 104 Å². The Bertz CT molecular complexity index is 1140. The number of hydrogen-bond donors (Lipinski definition) is 0. The Labute approximate surface area is 256 Å². The van der Waals surface area contributed by atoms with Crippen LogP contribution in [0.4, 0.5) is 0 Å². The predicted octanol–water partition coefficient (Wildman–Crippen LogP) is 10.1. The normalized spacial score (nSPS) is 18.8. The second-order valence-electron chi connectivity index (χ2n) is 10.3. The van der Waals surface area contributed by atoms with E-state index >= 15 is 0 Å². The number of benzene rings is 2. The van der Waals surface area contributed by atoms with Crippen molar-refractivity contribution >= 4 is 28.2 Å². The Kier molecular flexibility index (Phi) is 11.2. The number of aryl methyl sites for hydroxylation is 6. The van der Waals surface area contributed by atoms with Gasteiger partial charge in [-0.15, -0.1) is 0 Å². The van der Waals surface area contributed by atoms with Gasteiger partial charge < -0.3 is 0 Å². The van der Waals surface area contributed by atoms with Crippen molar-refractivity contribution in [3.05, 3.63) is 167 Å². The van der Waals surface area contributed by atoms with Crippen LogP contribution in [0.5, 0.6) is 0 Å². The fourth-order valence-electron chi connectivity index (χ4n) is 5.92. The van der Waals surface area contributed by atoms with Crippen LogP contribution < -0.4 is 0 Å². The molecule has 0 atom stereocenters. The molecule has 10 radical (unpaired) electrons. The van der Waals surface area contributed by atoms with Crippen LogP contribution >= 0.6 is 17.0 Å². The van der Waals surface area contributed by atoms with Gasteiger partial charge in [0, 0.05) is 23.7 Å². The average Bonchev–Trinajstić information content (AvgIpc) is 3.55. The molecule has 0 nitrogen and oxygen atoms in total. The van der Waals surface area contributed by atoms with Crippen molar-refractivity contribution in [2.75, 3.05) is 0 Å². The molecule has 3 heteroatoms. The van der Waals surface area contributed by atoms with E-state index in [4.69, 9.17) is 17.0 Å². The second kappa shape index (κ2) is 14.2. The number of rotatable bonds is 2. The molecule has 0 aliphatic heterocycles. The molecular weight excluding hydrogens is 595 g/mol. The standard InChI is InChI=1S/C31H29.C5H5.2ClH.Zr/c1-18-11-20(3)30(21(4)12-18)24-7-9-28-26(15-24)17-27-16-25(8-10-29(27)28)31-22(5)13-19(2)14-23(31)6;1-2-4-5-3-1;;;/h7-17H,1-6H3;1-5H;2*1H;/q;;;;+4/p-2. The molecule has 0 amide bonds. The minimum atomic E-state index is -0.826. The zero-order valence-corrected chi connectivity index (χ0v) is 27.5. The van der Waals surface area contributed by atoms with Crippen LogP contribution in [0.25, 0.3) is 11.1 Å². The third kappa shape index (κ3) is 7.39. The maximum absolute atomic E-state index is 4.93. The molecule has 2 aromatic rings. The van der Waals surface area contributed by atoms with Crippen LogP contribution in [0.3, 0.4) is 0 Å². The third-order valence-electron chi connectivity index (χ3n) is 7.19. The van der Waals surface area contributed by atoms with E-state index in [9.17, 15) is 0 Å². The Morgan fingerprint density at radius 1 is 0.487 bits per heavy atom. The molecule has 0 aromatic heterocycles. The molecule has 2 aromatic carbocycles. The molecule has 194 valence electrons. The first-order valence-electron chi connectivity index (χ1n) is 13.2. The van der Waals surface area contributed by atoms with Crippen LogP contribution in [0.2, 0.25) is 0 Å². The zero-order chi connectivity index (χ0) is 28.1. The molecule has 0 N–H and O–H groups in total. The van der Waals surface area contributed by atoms with Gasteiger partial charge in [-0.3, -0.25) is 0 Å². The molecule has 39 heavy (non-hydrogen) atoms. The first-order valence-corrected chi connectivity index (χ1v) is 19.5. The fourth-order valence-corrected chi connectivity index (χ4v) is 5.92. The van der Waals surface area contributed by atoms with Crippen molar-refractivity contribution in [2.45, 2.75) is 41.5 Å².